The number of aromatic hydroxyl groups is 1. The Morgan fingerprint density at radius 2 is 2.03 bits per heavy atom. The van der Waals surface area contributed by atoms with Crippen molar-refractivity contribution in [2.24, 2.45) is 0 Å². The van der Waals surface area contributed by atoms with E-state index in [4.69, 9.17) is 4.74 Å². The van der Waals surface area contributed by atoms with Crippen LogP contribution in [0.1, 0.15) is 16.7 Å². The summed E-state index contributed by atoms with van der Waals surface area (Å²) in [4.78, 5) is 14.0. The lowest BCUT2D eigenvalue weighted by Crippen LogP contribution is -2.32. The van der Waals surface area contributed by atoms with Crippen LogP contribution in [-0.4, -0.2) is 48.2 Å². The van der Waals surface area contributed by atoms with Crippen LogP contribution in [0, 0.1) is 0 Å². The summed E-state index contributed by atoms with van der Waals surface area (Å²) in [6.45, 7) is 2.93. The molecule has 7 nitrogen and oxygen atoms in total. The first-order valence-electron chi connectivity index (χ1n) is 9.59. The van der Waals surface area contributed by atoms with Crippen molar-refractivity contribution in [3.8, 4) is 5.75 Å². The maximum atomic E-state index is 11.6. The average Bonchev–Trinajstić information content (AvgIpc) is 3.11. The highest BCUT2D eigenvalue weighted by atomic mass is 32.1. The molecule has 0 amide bonds. The third-order valence-corrected chi connectivity index (χ3v) is 5.61. The van der Waals surface area contributed by atoms with Crippen molar-refractivity contribution in [3.63, 3.8) is 0 Å². The molecule has 1 atom stereocenters. The average molecular weight is 418 g/mol. The number of methoxy groups -OCH3 is 1. The lowest BCUT2D eigenvalue weighted by atomic mass is 10.1. The van der Waals surface area contributed by atoms with Crippen LogP contribution in [0.4, 0.5) is 0 Å². The number of thiazole rings is 1. The minimum absolute atomic E-state index is 0.0427. The smallest absolute Gasteiger partial charge is 0.305 e. The van der Waals surface area contributed by atoms with Crippen molar-refractivity contribution in [2.75, 3.05) is 26.8 Å². The van der Waals surface area contributed by atoms with Gasteiger partial charge in [0.1, 0.15) is 17.5 Å². The minimum atomic E-state index is -0.737. The van der Waals surface area contributed by atoms with Crippen LogP contribution < -0.4 is 15.5 Å². The number of fused-ring (bicyclic) bond motifs is 1. The first-order chi connectivity index (χ1) is 14.1. The summed E-state index contributed by atoms with van der Waals surface area (Å²) in [6.07, 6.45) is 0.415. The molecule has 3 rings (SSSR count). The van der Waals surface area contributed by atoms with Gasteiger partial charge in [0.15, 0.2) is 0 Å². The molecular formula is C21H27N3O4S. The van der Waals surface area contributed by atoms with E-state index >= 15 is 0 Å². The van der Waals surface area contributed by atoms with Crippen LogP contribution >= 0.6 is 11.3 Å². The lowest BCUT2D eigenvalue weighted by molar-refractivity contribution is 0.139. The standard InChI is InChI=1S/C21H27N3O4S/c1-28-10-9-22-13-15-4-2-3-14(11-15)7-8-23-18(26)12-16-5-6-17(25)19-20(16)29-21(27)24-19/h2-6,11,18,22-23,25-26H,7-10,12-13H2,1H3,(H,24,27). The third kappa shape index (κ3) is 6.12. The predicted octanol–water partition coefficient (Wildman–Crippen LogP) is 1.72. The molecule has 0 aliphatic rings. The summed E-state index contributed by atoms with van der Waals surface area (Å²) in [5.74, 6) is 0.0427. The fourth-order valence-electron chi connectivity index (χ4n) is 3.20. The Morgan fingerprint density at radius 1 is 1.21 bits per heavy atom. The third-order valence-electron chi connectivity index (χ3n) is 4.65. The normalized spacial score (nSPS) is 12.5. The fourth-order valence-corrected chi connectivity index (χ4v) is 4.08. The van der Waals surface area contributed by atoms with E-state index in [0.29, 0.717) is 29.8 Å². The second-order valence-electron chi connectivity index (χ2n) is 6.88. The Hall–Kier alpha value is -2.23. The van der Waals surface area contributed by atoms with Gasteiger partial charge in [0.2, 0.25) is 0 Å². The molecule has 1 aromatic heterocycles. The number of hydrogen-bond acceptors (Lipinski definition) is 7. The topological polar surface area (TPSA) is 107 Å². The maximum Gasteiger partial charge on any atom is 0.305 e. The van der Waals surface area contributed by atoms with Gasteiger partial charge >= 0.3 is 4.87 Å². The van der Waals surface area contributed by atoms with E-state index in [9.17, 15) is 15.0 Å². The van der Waals surface area contributed by atoms with E-state index in [1.54, 1.807) is 19.2 Å². The number of aliphatic hydroxyl groups is 1. The predicted molar refractivity (Wildman–Crippen MR) is 116 cm³/mol. The van der Waals surface area contributed by atoms with Crippen LogP contribution in [0.25, 0.3) is 10.2 Å². The van der Waals surface area contributed by atoms with Gasteiger partial charge in [-0.15, -0.1) is 0 Å². The van der Waals surface area contributed by atoms with Gasteiger partial charge < -0.3 is 25.3 Å². The lowest BCUT2D eigenvalue weighted by Gasteiger charge is -2.14. The molecule has 0 saturated heterocycles. The zero-order valence-corrected chi connectivity index (χ0v) is 17.2. The largest absolute Gasteiger partial charge is 0.506 e. The van der Waals surface area contributed by atoms with Gasteiger partial charge in [0, 0.05) is 33.2 Å². The van der Waals surface area contributed by atoms with Gasteiger partial charge in [-0.2, -0.15) is 0 Å². The molecule has 0 bridgehead atoms. The van der Waals surface area contributed by atoms with Crippen LogP contribution in [0.2, 0.25) is 0 Å². The Morgan fingerprint density at radius 3 is 2.86 bits per heavy atom. The summed E-state index contributed by atoms with van der Waals surface area (Å²) in [6, 6.07) is 11.7. The van der Waals surface area contributed by atoms with E-state index < -0.39 is 6.23 Å². The summed E-state index contributed by atoms with van der Waals surface area (Å²) >= 11 is 1.04. The Labute approximate surface area is 173 Å². The number of aromatic amines is 1. The summed E-state index contributed by atoms with van der Waals surface area (Å²) in [5.41, 5.74) is 3.67. The number of H-pyrrole nitrogens is 1. The number of aromatic nitrogens is 1. The molecule has 2 aromatic carbocycles. The van der Waals surface area contributed by atoms with Gasteiger partial charge in [-0.05, 0) is 29.2 Å². The van der Waals surface area contributed by atoms with Gasteiger partial charge in [0.25, 0.3) is 0 Å². The number of phenols is 1. The van der Waals surface area contributed by atoms with Gasteiger partial charge in [0.05, 0.1) is 11.3 Å². The van der Waals surface area contributed by atoms with Crippen molar-refractivity contribution in [1.29, 1.82) is 0 Å². The number of aliphatic hydroxyl groups excluding tert-OH is 1. The van der Waals surface area contributed by atoms with Crippen molar-refractivity contribution < 1.29 is 14.9 Å². The SMILES string of the molecule is COCCNCc1cccc(CCNC(O)Cc2ccc(O)c3[nH]c(=O)sc23)c1. The first-order valence-corrected chi connectivity index (χ1v) is 10.4. The fraction of sp³-hybridized carbons (Fsp3) is 0.381. The monoisotopic (exact) mass is 417 g/mol. The molecule has 0 spiro atoms. The van der Waals surface area contributed by atoms with E-state index in [1.165, 1.54) is 11.1 Å². The van der Waals surface area contributed by atoms with Crippen LogP contribution in [-0.2, 0) is 24.1 Å². The molecule has 29 heavy (non-hydrogen) atoms. The first kappa shape index (κ1) is 21.5. The van der Waals surface area contributed by atoms with Crippen molar-refractivity contribution in [3.05, 3.63) is 62.8 Å². The zero-order valence-electron chi connectivity index (χ0n) is 16.4. The van der Waals surface area contributed by atoms with E-state index in [1.807, 2.05) is 6.07 Å². The Balaban J connectivity index is 1.50. The molecule has 0 aliphatic heterocycles. The van der Waals surface area contributed by atoms with Crippen molar-refractivity contribution in [2.45, 2.75) is 25.6 Å². The maximum absolute atomic E-state index is 11.6. The molecular weight excluding hydrogens is 390 g/mol. The molecule has 0 radical (unpaired) electrons. The molecule has 3 aromatic rings. The number of nitrogens with one attached hydrogen (secondary N) is 3. The Bertz CT molecular complexity index is 985. The molecule has 1 unspecified atom stereocenters. The summed E-state index contributed by atoms with van der Waals surface area (Å²) < 4.78 is 5.71. The summed E-state index contributed by atoms with van der Waals surface area (Å²) in [7, 11) is 1.69. The molecule has 0 saturated carbocycles. The molecule has 1 heterocycles. The molecule has 0 aliphatic carbocycles. The number of rotatable bonds is 11. The van der Waals surface area contributed by atoms with Gasteiger partial charge in [-0.1, -0.05) is 41.7 Å². The summed E-state index contributed by atoms with van der Waals surface area (Å²) in [5, 5.41) is 26.7. The van der Waals surface area contributed by atoms with Crippen LogP contribution in [0.5, 0.6) is 5.75 Å². The number of hydrogen-bond donors (Lipinski definition) is 5. The van der Waals surface area contributed by atoms with Gasteiger partial charge in [-0.3, -0.25) is 10.1 Å². The molecule has 0 fully saturated rings. The highest BCUT2D eigenvalue weighted by Crippen LogP contribution is 2.28. The van der Waals surface area contributed by atoms with E-state index in [-0.39, 0.29) is 10.6 Å². The zero-order chi connectivity index (χ0) is 20.6. The Kier molecular flexibility index (Phi) is 7.79. The van der Waals surface area contributed by atoms with Gasteiger partial charge in [-0.25, -0.2) is 0 Å². The highest BCUT2D eigenvalue weighted by Gasteiger charge is 2.13. The van der Waals surface area contributed by atoms with E-state index in [2.05, 4.69) is 33.8 Å². The molecule has 156 valence electrons. The van der Waals surface area contributed by atoms with Crippen LogP contribution in [0.15, 0.2) is 41.2 Å². The van der Waals surface area contributed by atoms with Crippen molar-refractivity contribution in [1.82, 2.24) is 15.6 Å². The molecule has 8 heteroatoms. The number of phenolic OH excluding ortho intramolecular Hbond substituents is 1. The second-order valence-corrected chi connectivity index (χ2v) is 7.86. The highest BCUT2D eigenvalue weighted by molar-refractivity contribution is 7.16. The number of benzene rings is 2. The molecule has 5 N–H and O–H groups in total. The quantitative estimate of drug-likeness (QED) is 0.240. The van der Waals surface area contributed by atoms with Crippen LogP contribution in [0.3, 0.4) is 0 Å². The minimum Gasteiger partial charge on any atom is -0.506 e. The van der Waals surface area contributed by atoms with Crippen molar-refractivity contribution >= 4 is 21.6 Å². The second kappa shape index (κ2) is 10.5. The number of ether oxygens (including phenoxy) is 1. The van der Waals surface area contributed by atoms with E-state index in [0.717, 1.165) is 36.4 Å².